The third-order valence-electron chi connectivity index (χ3n) is 3.40. The highest BCUT2D eigenvalue weighted by molar-refractivity contribution is 6.05. The van der Waals surface area contributed by atoms with E-state index in [4.69, 9.17) is 0 Å². The number of benzene rings is 1. The Kier molecular flexibility index (Phi) is 4.11. The van der Waals surface area contributed by atoms with Crippen LogP contribution in [0.4, 0.5) is 5.69 Å². The monoisotopic (exact) mass is 306 g/mol. The second-order valence-electron chi connectivity index (χ2n) is 4.63. The van der Waals surface area contributed by atoms with Gasteiger partial charge in [0.05, 0.1) is 19.1 Å². The molecule has 2 aromatic rings. The highest BCUT2D eigenvalue weighted by Gasteiger charge is 2.33. The number of carbonyl (C=O) groups is 2. The van der Waals surface area contributed by atoms with Crippen LogP contribution in [0.15, 0.2) is 24.4 Å². The number of nitro groups is 1. The summed E-state index contributed by atoms with van der Waals surface area (Å²) in [5.74, 6) is -2.86. The average Bonchev–Trinajstić information content (AvgIpc) is 2.83. The standard InChI is InChI=1S/C14H14N2O6/c1-15-7-10(12(13(17)21-2)14(18)22-3)9-6-8(16(19)20)4-5-11(9)15/h4-7,12H,1-3H3. The first-order valence-corrected chi connectivity index (χ1v) is 6.29. The summed E-state index contributed by atoms with van der Waals surface area (Å²) >= 11 is 0. The molecule has 2 rings (SSSR count). The van der Waals surface area contributed by atoms with Gasteiger partial charge in [-0.2, -0.15) is 0 Å². The fourth-order valence-corrected chi connectivity index (χ4v) is 2.34. The number of aromatic nitrogens is 1. The van der Waals surface area contributed by atoms with Crippen molar-refractivity contribution in [3.63, 3.8) is 0 Å². The minimum atomic E-state index is -1.29. The molecule has 0 fully saturated rings. The zero-order valence-corrected chi connectivity index (χ0v) is 12.2. The molecule has 116 valence electrons. The van der Waals surface area contributed by atoms with Crippen molar-refractivity contribution >= 4 is 28.5 Å². The lowest BCUT2D eigenvalue weighted by molar-refractivity contribution is -0.384. The van der Waals surface area contributed by atoms with Gasteiger partial charge in [-0.05, 0) is 6.07 Å². The minimum Gasteiger partial charge on any atom is -0.468 e. The predicted molar refractivity (Wildman–Crippen MR) is 76.3 cm³/mol. The second kappa shape index (κ2) is 5.84. The molecule has 1 aromatic heterocycles. The average molecular weight is 306 g/mol. The topological polar surface area (TPSA) is 101 Å². The molecule has 0 amide bonds. The summed E-state index contributed by atoms with van der Waals surface area (Å²) in [6, 6.07) is 4.24. The number of methoxy groups -OCH3 is 2. The summed E-state index contributed by atoms with van der Waals surface area (Å²) in [5, 5.41) is 11.4. The van der Waals surface area contributed by atoms with Crippen molar-refractivity contribution in [1.29, 1.82) is 0 Å². The summed E-state index contributed by atoms with van der Waals surface area (Å²) in [6.07, 6.45) is 1.56. The van der Waals surface area contributed by atoms with E-state index in [1.807, 2.05) is 0 Å². The number of carbonyl (C=O) groups excluding carboxylic acids is 2. The second-order valence-corrected chi connectivity index (χ2v) is 4.63. The summed E-state index contributed by atoms with van der Waals surface area (Å²) in [5.41, 5.74) is 0.826. The molecule has 0 bridgehead atoms. The molecule has 0 aliphatic carbocycles. The molecule has 0 spiro atoms. The molecule has 1 heterocycles. The number of nitrogens with zero attached hydrogens (tertiary/aromatic N) is 2. The molecular weight excluding hydrogens is 292 g/mol. The number of rotatable bonds is 4. The molecule has 0 unspecified atom stereocenters. The molecule has 8 heteroatoms. The number of nitro benzene ring substituents is 1. The zero-order valence-electron chi connectivity index (χ0n) is 12.2. The van der Waals surface area contributed by atoms with Crippen molar-refractivity contribution in [3.8, 4) is 0 Å². The molecule has 0 N–H and O–H groups in total. The van der Waals surface area contributed by atoms with Gasteiger partial charge in [0.2, 0.25) is 0 Å². The van der Waals surface area contributed by atoms with Gasteiger partial charge < -0.3 is 14.0 Å². The molecular formula is C14H14N2O6. The summed E-state index contributed by atoms with van der Waals surface area (Å²) < 4.78 is 11.0. The van der Waals surface area contributed by atoms with Crippen LogP contribution in [0.1, 0.15) is 11.5 Å². The lowest BCUT2D eigenvalue weighted by Gasteiger charge is -2.11. The van der Waals surface area contributed by atoms with Gasteiger partial charge in [0.25, 0.3) is 5.69 Å². The van der Waals surface area contributed by atoms with Gasteiger partial charge in [0.1, 0.15) is 0 Å². The number of ether oxygens (including phenoxy) is 2. The van der Waals surface area contributed by atoms with E-state index in [0.29, 0.717) is 16.5 Å². The van der Waals surface area contributed by atoms with E-state index in [9.17, 15) is 19.7 Å². The van der Waals surface area contributed by atoms with Crippen LogP contribution in [0.3, 0.4) is 0 Å². The lowest BCUT2D eigenvalue weighted by Crippen LogP contribution is -2.24. The largest absolute Gasteiger partial charge is 0.468 e. The van der Waals surface area contributed by atoms with E-state index in [1.165, 1.54) is 12.1 Å². The van der Waals surface area contributed by atoms with Crippen molar-refractivity contribution in [2.75, 3.05) is 14.2 Å². The summed E-state index contributed by atoms with van der Waals surface area (Å²) in [7, 11) is 4.03. The van der Waals surface area contributed by atoms with E-state index < -0.39 is 22.8 Å². The Morgan fingerprint density at radius 2 is 1.82 bits per heavy atom. The Labute approximate surface area is 125 Å². The fraction of sp³-hybridized carbons (Fsp3) is 0.286. The summed E-state index contributed by atoms with van der Waals surface area (Å²) in [4.78, 5) is 34.2. The predicted octanol–water partition coefficient (Wildman–Crippen LogP) is 1.52. The van der Waals surface area contributed by atoms with Crippen LogP contribution in [0.5, 0.6) is 0 Å². The number of hydrogen-bond donors (Lipinski definition) is 0. The SMILES string of the molecule is COC(=O)C(C(=O)OC)c1cn(C)c2ccc([N+](=O)[O-])cc12. The third-order valence-corrected chi connectivity index (χ3v) is 3.40. The van der Waals surface area contributed by atoms with E-state index in [2.05, 4.69) is 9.47 Å². The van der Waals surface area contributed by atoms with Crippen molar-refractivity contribution in [2.45, 2.75) is 5.92 Å². The van der Waals surface area contributed by atoms with Crippen LogP contribution in [-0.2, 0) is 26.1 Å². The molecule has 0 aliphatic heterocycles. The van der Waals surface area contributed by atoms with E-state index in [0.717, 1.165) is 14.2 Å². The summed E-state index contributed by atoms with van der Waals surface area (Å²) in [6.45, 7) is 0. The first-order valence-electron chi connectivity index (χ1n) is 6.29. The third kappa shape index (κ3) is 2.50. The maximum absolute atomic E-state index is 11.9. The van der Waals surface area contributed by atoms with Crippen molar-refractivity contribution in [2.24, 2.45) is 7.05 Å². The Bertz CT molecular complexity index is 748. The van der Waals surface area contributed by atoms with Crippen LogP contribution in [-0.4, -0.2) is 35.6 Å². The Hall–Kier alpha value is -2.90. The van der Waals surface area contributed by atoms with Crippen LogP contribution < -0.4 is 0 Å². The first-order chi connectivity index (χ1) is 10.4. The van der Waals surface area contributed by atoms with Crippen LogP contribution in [0.25, 0.3) is 10.9 Å². The number of fused-ring (bicyclic) bond motifs is 1. The molecule has 1 aromatic carbocycles. The highest BCUT2D eigenvalue weighted by Crippen LogP contribution is 2.31. The zero-order chi connectivity index (χ0) is 16.4. The molecule has 8 nitrogen and oxygen atoms in total. The van der Waals surface area contributed by atoms with Gasteiger partial charge in [-0.3, -0.25) is 19.7 Å². The molecule has 22 heavy (non-hydrogen) atoms. The molecule has 0 saturated carbocycles. The number of aryl methyl sites for hydroxylation is 1. The van der Waals surface area contributed by atoms with E-state index >= 15 is 0 Å². The van der Waals surface area contributed by atoms with Crippen molar-refractivity contribution < 1.29 is 24.0 Å². The first kappa shape index (κ1) is 15.5. The van der Waals surface area contributed by atoms with Crippen molar-refractivity contribution in [1.82, 2.24) is 4.57 Å². The van der Waals surface area contributed by atoms with Crippen LogP contribution in [0, 0.1) is 10.1 Å². The molecule has 0 aliphatic rings. The fourth-order valence-electron chi connectivity index (χ4n) is 2.34. The normalized spacial score (nSPS) is 10.7. The molecule has 0 atom stereocenters. The van der Waals surface area contributed by atoms with Gasteiger partial charge in [-0.1, -0.05) is 0 Å². The van der Waals surface area contributed by atoms with Gasteiger partial charge in [0, 0.05) is 41.8 Å². The van der Waals surface area contributed by atoms with Gasteiger partial charge in [-0.15, -0.1) is 0 Å². The maximum Gasteiger partial charge on any atom is 0.324 e. The van der Waals surface area contributed by atoms with Gasteiger partial charge >= 0.3 is 11.9 Å². The van der Waals surface area contributed by atoms with Gasteiger partial charge in [0.15, 0.2) is 5.92 Å². The smallest absolute Gasteiger partial charge is 0.324 e. The Morgan fingerprint density at radius 3 is 2.32 bits per heavy atom. The highest BCUT2D eigenvalue weighted by atomic mass is 16.6. The van der Waals surface area contributed by atoms with Crippen LogP contribution in [0.2, 0.25) is 0 Å². The Morgan fingerprint density at radius 1 is 1.23 bits per heavy atom. The number of non-ortho nitro benzene ring substituents is 1. The van der Waals surface area contributed by atoms with Gasteiger partial charge in [-0.25, -0.2) is 0 Å². The lowest BCUT2D eigenvalue weighted by atomic mass is 9.98. The number of esters is 2. The quantitative estimate of drug-likeness (QED) is 0.367. The van der Waals surface area contributed by atoms with E-state index in [1.54, 1.807) is 23.9 Å². The molecule has 0 radical (unpaired) electrons. The Balaban J connectivity index is 2.71. The van der Waals surface area contributed by atoms with E-state index in [-0.39, 0.29) is 5.69 Å². The van der Waals surface area contributed by atoms with Crippen molar-refractivity contribution in [3.05, 3.63) is 40.1 Å². The maximum atomic E-state index is 11.9. The molecule has 0 saturated heterocycles. The van der Waals surface area contributed by atoms with Crippen LogP contribution >= 0.6 is 0 Å². The minimum absolute atomic E-state index is 0.131. The number of hydrogen-bond acceptors (Lipinski definition) is 6.